The number of ketones is 1. The average Bonchev–Trinajstić information content (AvgIpc) is 3.13. The van der Waals surface area contributed by atoms with Crippen LogP contribution in [0.4, 0.5) is 0 Å². The number of nitrogens with one attached hydrogen (secondary N) is 1. The van der Waals surface area contributed by atoms with Crippen molar-refractivity contribution in [2.24, 2.45) is 4.99 Å². The number of aliphatic hydroxyl groups is 1. The minimum atomic E-state index is -0.0174. The van der Waals surface area contributed by atoms with Gasteiger partial charge in [0.25, 0.3) is 0 Å². The Morgan fingerprint density at radius 2 is 1.97 bits per heavy atom. The molecule has 1 fully saturated rings. The maximum absolute atomic E-state index is 13.0. The van der Waals surface area contributed by atoms with Crippen molar-refractivity contribution < 1.29 is 14.6 Å². The van der Waals surface area contributed by atoms with Crippen LogP contribution in [0.3, 0.4) is 0 Å². The Bertz CT molecular complexity index is 1190. The normalized spacial score (nSPS) is 19.5. The molecule has 2 N–H and O–H groups in total. The fourth-order valence-electron chi connectivity index (χ4n) is 4.62. The zero-order valence-electron chi connectivity index (χ0n) is 18.9. The van der Waals surface area contributed by atoms with Gasteiger partial charge in [0.1, 0.15) is 11.5 Å². The van der Waals surface area contributed by atoms with Gasteiger partial charge in [-0.2, -0.15) is 0 Å². The lowest BCUT2D eigenvalue weighted by Gasteiger charge is -2.26. The highest BCUT2D eigenvalue weighted by Gasteiger charge is 2.31. The molecule has 0 amide bonds. The molecule has 2 aromatic carbocycles. The quantitative estimate of drug-likeness (QED) is 0.381. The molecule has 0 spiro atoms. The number of aliphatic hydroxyl groups excluding tert-OH is 1. The zero-order chi connectivity index (χ0) is 22.7. The predicted molar refractivity (Wildman–Crippen MR) is 129 cm³/mol. The Balaban J connectivity index is 1.62. The lowest BCUT2D eigenvalue weighted by atomic mass is 9.79. The van der Waals surface area contributed by atoms with Crippen LogP contribution < -0.4 is 4.74 Å². The summed E-state index contributed by atoms with van der Waals surface area (Å²) in [5.41, 5.74) is 5.69. The molecular weight excluding hydrogens is 400 g/mol. The summed E-state index contributed by atoms with van der Waals surface area (Å²) in [4.78, 5) is 21.3. The number of ether oxygens (including phenoxy) is 1. The van der Waals surface area contributed by atoms with Crippen molar-refractivity contribution in [1.82, 2.24) is 4.98 Å². The molecule has 5 heteroatoms. The number of aliphatic imine (C=N–C) groups is 1. The van der Waals surface area contributed by atoms with Crippen molar-refractivity contribution in [3.63, 3.8) is 0 Å². The first kappa shape index (κ1) is 21.9. The molecule has 1 aliphatic carbocycles. The molecular formula is C27H30N2O3. The van der Waals surface area contributed by atoms with Crippen molar-refractivity contribution in [1.29, 1.82) is 0 Å². The second kappa shape index (κ2) is 9.43. The molecule has 1 saturated carbocycles. The maximum atomic E-state index is 13.0. The summed E-state index contributed by atoms with van der Waals surface area (Å²) >= 11 is 0. The standard InChI is InChI=1S/C27H30N2O3/c1-4-25(30)27-24(14-19(15-26(27)31)18-8-6-5-7-9-18)28-13-12-21-17(2)29-23-11-10-20(32-3)16-22(21)23/h5-11,16,19,29-30H,4,12-15H2,1-3H3/t19-/m1/s1. The van der Waals surface area contributed by atoms with Gasteiger partial charge in [0.2, 0.25) is 0 Å². The lowest BCUT2D eigenvalue weighted by Crippen LogP contribution is -2.27. The number of allylic oxidation sites excluding steroid dienone is 2. The number of hydrogen-bond acceptors (Lipinski definition) is 4. The van der Waals surface area contributed by atoms with E-state index in [0.29, 0.717) is 31.4 Å². The van der Waals surface area contributed by atoms with E-state index in [4.69, 9.17) is 9.73 Å². The van der Waals surface area contributed by atoms with Crippen molar-refractivity contribution in [2.75, 3.05) is 13.7 Å². The van der Waals surface area contributed by atoms with E-state index in [9.17, 15) is 9.90 Å². The molecule has 0 saturated heterocycles. The van der Waals surface area contributed by atoms with Crippen molar-refractivity contribution in [2.45, 2.75) is 45.4 Å². The summed E-state index contributed by atoms with van der Waals surface area (Å²) in [6.45, 7) is 4.48. The van der Waals surface area contributed by atoms with Crippen molar-refractivity contribution in [3.8, 4) is 5.75 Å². The van der Waals surface area contributed by atoms with Crippen molar-refractivity contribution >= 4 is 22.4 Å². The van der Waals surface area contributed by atoms with Gasteiger partial charge in [0.05, 0.1) is 12.7 Å². The second-order valence-corrected chi connectivity index (χ2v) is 8.33. The Morgan fingerprint density at radius 1 is 1.19 bits per heavy atom. The summed E-state index contributed by atoms with van der Waals surface area (Å²) in [5, 5.41) is 11.6. The molecule has 32 heavy (non-hydrogen) atoms. The highest BCUT2D eigenvalue weighted by atomic mass is 16.5. The fraction of sp³-hybridized carbons (Fsp3) is 0.333. The number of aryl methyl sites for hydroxylation is 1. The summed E-state index contributed by atoms with van der Waals surface area (Å²) in [6, 6.07) is 16.1. The number of methoxy groups -OCH3 is 1. The molecule has 1 heterocycles. The van der Waals surface area contributed by atoms with Gasteiger partial charge in [0.15, 0.2) is 5.78 Å². The number of carbonyl (C=O) groups excluding carboxylic acids is 1. The number of aromatic nitrogens is 1. The Labute approximate surface area is 188 Å². The van der Waals surface area contributed by atoms with Crippen LogP contribution in [0.15, 0.2) is 64.9 Å². The van der Waals surface area contributed by atoms with Gasteiger partial charge in [0, 0.05) is 41.7 Å². The maximum Gasteiger partial charge on any atom is 0.168 e. The topological polar surface area (TPSA) is 74.7 Å². The van der Waals surface area contributed by atoms with E-state index < -0.39 is 0 Å². The highest BCUT2D eigenvalue weighted by Crippen LogP contribution is 2.34. The monoisotopic (exact) mass is 430 g/mol. The number of Topliss-reactive ketones (excluding diaryl/α,β-unsaturated/α-hetero) is 1. The molecule has 5 nitrogen and oxygen atoms in total. The highest BCUT2D eigenvalue weighted by molar-refractivity contribution is 6.24. The third-order valence-corrected chi connectivity index (χ3v) is 6.32. The minimum Gasteiger partial charge on any atom is -0.512 e. The van der Waals surface area contributed by atoms with Gasteiger partial charge in [-0.15, -0.1) is 0 Å². The molecule has 166 valence electrons. The number of nitrogens with zero attached hydrogens (tertiary/aromatic N) is 1. The van der Waals surface area contributed by atoms with E-state index >= 15 is 0 Å². The fourth-order valence-corrected chi connectivity index (χ4v) is 4.62. The first-order valence-electron chi connectivity index (χ1n) is 11.2. The number of fused-ring (bicyclic) bond motifs is 1. The van der Waals surface area contributed by atoms with Crippen molar-refractivity contribution in [3.05, 3.63) is 76.7 Å². The van der Waals surface area contributed by atoms with Crippen LogP contribution in [0.2, 0.25) is 0 Å². The van der Waals surface area contributed by atoms with E-state index in [-0.39, 0.29) is 17.5 Å². The van der Waals surface area contributed by atoms with Crippen LogP contribution in [0, 0.1) is 6.92 Å². The summed E-state index contributed by atoms with van der Waals surface area (Å²) < 4.78 is 5.39. The van der Waals surface area contributed by atoms with Gasteiger partial charge >= 0.3 is 0 Å². The first-order valence-corrected chi connectivity index (χ1v) is 11.2. The predicted octanol–water partition coefficient (Wildman–Crippen LogP) is 5.84. The minimum absolute atomic E-state index is 0.0174. The lowest BCUT2D eigenvalue weighted by molar-refractivity contribution is -0.115. The van der Waals surface area contributed by atoms with Gasteiger partial charge in [-0.05, 0) is 55.0 Å². The SMILES string of the molecule is CCC(O)=C1C(=O)C[C@H](c2ccccc2)CC1=NCCc1c(C)[nH]c2ccc(OC)cc12. The van der Waals surface area contributed by atoms with E-state index in [1.165, 1.54) is 5.56 Å². The first-order chi connectivity index (χ1) is 15.5. The Hall–Kier alpha value is -3.34. The summed E-state index contributed by atoms with van der Waals surface area (Å²) in [7, 11) is 1.67. The summed E-state index contributed by atoms with van der Waals surface area (Å²) in [5.74, 6) is 1.05. The molecule has 0 radical (unpaired) electrons. The molecule has 0 bridgehead atoms. The van der Waals surface area contributed by atoms with Crippen LogP contribution >= 0.6 is 0 Å². The van der Waals surface area contributed by atoms with E-state index in [1.807, 2.05) is 43.3 Å². The second-order valence-electron chi connectivity index (χ2n) is 8.33. The molecule has 3 aromatic rings. The summed E-state index contributed by atoms with van der Waals surface area (Å²) in [6.07, 6.45) is 2.24. The third-order valence-electron chi connectivity index (χ3n) is 6.32. The Morgan fingerprint density at radius 3 is 2.69 bits per heavy atom. The molecule has 1 atom stereocenters. The third kappa shape index (κ3) is 4.33. The zero-order valence-corrected chi connectivity index (χ0v) is 18.9. The Kier molecular flexibility index (Phi) is 6.45. The van der Waals surface area contributed by atoms with Crippen LogP contribution in [-0.4, -0.2) is 35.2 Å². The number of carbonyl (C=O) groups is 1. The van der Waals surface area contributed by atoms with Gasteiger partial charge in [-0.1, -0.05) is 37.3 Å². The molecule has 0 unspecified atom stereocenters. The van der Waals surface area contributed by atoms with E-state index in [2.05, 4.69) is 24.0 Å². The number of benzene rings is 2. The van der Waals surface area contributed by atoms with Crippen LogP contribution in [-0.2, 0) is 11.2 Å². The van der Waals surface area contributed by atoms with E-state index in [1.54, 1.807) is 7.11 Å². The molecule has 4 rings (SSSR count). The van der Waals surface area contributed by atoms with E-state index in [0.717, 1.165) is 40.0 Å². The number of H-pyrrole nitrogens is 1. The largest absolute Gasteiger partial charge is 0.512 e. The van der Waals surface area contributed by atoms with Crippen LogP contribution in [0.5, 0.6) is 5.75 Å². The van der Waals surface area contributed by atoms with Gasteiger partial charge in [-0.3, -0.25) is 9.79 Å². The number of rotatable bonds is 6. The molecule has 1 aromatic heterocycles. The van der Waals surface area contributed by atoms with Gasteiger partial charge < -0.3 is 14.8 Å². The molecule has 1 aliphatic rings. The molecule has 0 aliphatic heterocycles. The van der Waals surface area contributed by atoms with Crippen LogP contribution in [0.1, 0.15) is 48.9 Å². The number of aromatic amines is 1. The van der Waals surface area contributed by atoms with Crippen LogP contribution in [0.25, 0.3) is 10.9 Å². The van der Waals surface area contributed by atoms with Gasteiger partial charge in [-0.25, -0.2) is 0 Å². The smallest absolute Gasteiger partial charge is 0.168 e. The average molecular weight is 431 g/mol. The number of hydrogen-bond donors (Lipinski definition) is 2.